The molecule has 0 saturated heterocycles. The van der Waals surface area contributed by atoms with Crippen LogP contribution in [0, 0.1) is 5.41 Å². The highest BCUT2D eigenvalue weighted by molar-refractivity contribution is 9.10. The lowest BCUT2D eigenvalue weighted by Gasteiger charge is -2.26. The van der Waals surface area contributed by atoms with Gasteiger partial charge in [-0.25, -0.2) is 4.68 Å². The molecule has 1 aromatic carbocycles. The first-order valence-corrected chi connectivity index (χ1v) is 7.58. The van der Waals surface area contributed by atoms with Crippen LogP contribution < -0.4 is 0 Å². The van der Waals surface area contributed by atoms with Crippen molar-refractivity contribution >= 4 is 21.9 Å². The third-order valence-electron chi connectivity index (χ3n) is 3.91. The minimum absolute atomic E-state index is 0.249. The summed E-state index contributed by atoms with van der Waals surface area (Å²) in [5.41, 5.74) is -0.0141. The number of carboxylic acids is 1. The summed E-state index contributed by atoms with van der Waals surface area (Å²) in [6.07, 6.45) is 1.04. The lowest BCUT2D eigenvalue weighted by atomic mass is 9.82. The van der Waals surface area contributed by atoms with E-state index in [1.54, 1.807) is 4.68 Å². The average Bonchev–Trinajstić information content (AvgIpc) is 2.92. The minimum atomic E-state index is -0.856. The predicted molar refractivity (Wildman–Crippen MR) is 81.6 cm³/mol. The number of halogens is 1. The molecule has 21 heavy (non-hydrogen) atoms. The number of carbonyl (C=O) groups is 1. The number of hydrogen-bond donors (Lipinski definition) is 1. The molecule has 0 saturated carbocycles. The highest BCUT2D eigenvalue weighted by Gasteiger charge is 2.36. The van der Waals surface area contributed by atoms with Crippen molar-refractivity contribution in [3.05, 3.63) is 28.7 Å². The summed E-state index contributed by atoms with van der Waals surface area (Å²) in [5, 5.41) is 21.3. The fourth-order valence-corrected chi connectivity index (χ4v) is 2.74. The molecule has 0 fully saturated rings. The molecule has 1 N–H and O–H groups in total. The van der Waals surface area contributed by atoms with Crippen LogP contribution in [0.5, 0.6) is 0 Å². The van der Waals surface area contributed by atoms with E-state index in [4.69, 9.17) is 0 Å². The van der Waals surface area contributed by atoms with E-state index in [1.165, 1.54) is 0 Å². The number of tetrazole rings is 1. The molecular formula is C14H17BrN4O2. The van der Waals surface area contributed by atoms with Crippen LogP contribution >= 0.6 is 15.9 Å². The third kappa shape index (κ3) is 2.97. The summed E-state index contributed by atoms with van der Waals surface area (Å²) in [5.74, 6) is -0.254. The molecule has 1 heterocycles. The Morgan fingerprint density at radius 3 is 2.57 bits per heavy atom. The molecule has 0 bridgehead atoms. The van der Waals surface area contributed by atoms with Gasteiger partial charge in [0.1, 0.15) is 0 Å². The number of rotatable bonds is 6. The van der Waals surface area contributed by atoms with Crippen LogP contribution in [-0.4, -0.2) is 31.3 Å². The molecule has 2 rings (SSSR count). The van der Waals surface area contributed by atoms with Gasteiger partial charge in [-0.3, -0.25) is 4.79 Å². The summed E-state index contributed by atoms with van der Waals surface area (Å²) in [6, 6.07) is 7.59. The van der Waals surface area contributed by atoms with Gasteiger partial charge < -0.3 is 5.11 Å². The molecule has 6 nitrogen and oxygen atoms in total. The predicted octanol–water partition coefficient (Wildman–Crippen LogP) is 2.99. The molecule has 112 valence electrons. The van der Waals surface area contributed by atoms with Crippen LogP contribution in [0.15, 0.2) is 28.7 Å². The smallest absolute Gasteiger partial charge is 0.311 e. The van der Waals surface area contributed by atoms with Crippen LogP contribution in [0.2, 0.25) is 0 Å². The highest BCUT2D eigenvalue weighted by Crippen LogP contribution is 2.32. The molecule has 1 aromatic heterocycles. The first kappa shape index (κ1) is 15.6. The maximum Gasteiger partial charge on any atom is 0.311 e. The standard InChI is InChI=1S/C14H17BrN4O2/c1-3-14(4-2,13(20)21)9-19-12(16-17-18-19)10-7-5-6-8-11(10)15/h5-8H,3-4,9H2,1-2H3,(H,20,21). The molecule has 0 aliphatic heterocycles. The van der Waals surface area contributed by atoms with E-state index in [1.807, 2.05) is 38.1 Å². The molecule has 7 heteroatoms. The molecule has 0 spiro atoms. The van der Waals surface area contributed by atoms with Gasteiger partial charge in [0, 0.05) is 10.0 Å². The molecule has 0 radical (unpaired) electrons. The largest absolute Gasteiger partial charge is 0.481 e. The summed E-state index contributed by atoms with van der Waals surface area (Å²) in [6.45, 7) is 4.00. The van der Waals surface area contributed by atoms with E-state index in [0.717, 1.165) is 10.0 Å². The van der Waals surface area contributed by atoms with Gasteiger partial charge in [-0.2, -0.15) is 0 Å². The average molecular weight is 353 g/mol. The van der Waals surface area contributed by atoms with Gasteiger partial charge in [-0.1, -0.05) is 41.9 Å². The molecule has 0 aliphatic rings. The van der Waals surface area contributed by atoms with Crippen molar-refractivity contribution in [3.63, 3.8) is 0 Å². The van der Waals surface area contributed by atoms with Crippen molar-refractivity contribution in [2.45, 2.75) is 33.2 Å². The number of benzene rings is 1. The highest BCUT2D eigenvalue weighted by atomic mass is 79.9. The minimum Gasteiger partial charge on any atom is -0.481 e. The third-order valence-corrected chi connectivity index (χ3v) is 4.60. The summed E-state index contributed by atoms with van der Waals surface area (Å²) >= 11 is 3.47. The number of aliphatic carboxylic acids is 1. The van der Waals surface area contributed by atoms with E-state index >= 15 is 0 Å². The van der Waals surface area contributed by atoms with Gasteiger partial charge in [0.15, 0.2) is 5.82 Å². The van der Waals surface area contributed by atoms with Crippen molar-refractivity contribution in [1.82, 2.24) is 20.2 Å². The van der Waals surface area contributed by atoms with Crippen LogP contribution in [0.1, 0.15) is 26.7 Å². The Morgan fingerprint density at radius 2 is 2.00 bits per heavy atom. The Hall–Kier alpha value is -1.76. The van der Waals surface area contributed by atoms with Crippen molar-refractivity contribution in [1.29, 1.82) is 0 Å². The van der Waals surface area contributed by atoms with Crippen LogP contribution in [-0.2, 0) is 11.3 Å². The van der Waals surface area contributed by atoms with E-state index in [2.05, 4.69) is 31.5 Å². The van der Waals surface area contributed by atoms with Gasteiger partial charge in [0.05, 0.1) is 12.0 Å². The normalized spacial score (nSPS) is 11.6. The number of hydrogen-bond acceptors (Lipinski definition) is 4. The van der Waals surface area contributed by atoms with Crippen molar-refractivity contribution in [2.24, 2.45) is 5.41 Å². The molecule has 0 atom stereocenters. The fourth-order valence-electron chi connectivity index (χ4n) is 2.28. The van der Waals surface area contributed by atoms with Gasteiger partial charge in [-0.05, 0) is 35.4 Å². The van der Waals surface area contributed by atoms with Crippen molar-refractivity contribution < 1.29 is 9.90 Å². The Balaban J connectivity index is 2.42. The zero-order valence-electron chi connectivity index (χ0n) is 12.0. The summed E-state index contributed by atoms with van der Waals surface area (Å²) < 4.78 is 2.44. The fraction of sp³-hybridized carbons (Fsp3) is 0.429. The Morgan fingerprint density at radius 1 is 1.33 bits per heavy atom. The number of nitrogens with zero attached hydrogens (tertiary/aromatic N) is 4. The SMILES string of the molecule is CCC(CC)(Cn1nnnc1-c1ccccc1Br)C(=O)O. The molecule has 0 aliphatic carbocycles. The van der Waals surface area contributed by atoms with E-state index in [-0.39, 0.29) is 6.54 Å². The maximum absolute atomic E-state index is 11.6. The van der Waals surface area contributed by atoms with Gasteiger partial charge in [-0.15, -0.1) is 5.10 Å². The van der Waals surface area contributed by atoms with E-state index < -0.39 is 11.4 Å². The summed E-state index contributed by atoms with van der Waals surface area (Å²) in [4.78, 5) is 11.6. The Kier molecular flexibility index (Phi) is 4.72. The van der Waals surface area contributed by atoms with E-state index in [0.29, 0.717) is 18.7 Å². The quantitative estimate of drug-likeness (QED) is 0.864. The molecule has 0 amide bonds. The lowest BCUT2D eigenvalue weighted by Crippen LogP contribution is -2.35. The monoisotopic (exact) mass is 352 g/mol. The van der Waals surface area contributed by atoms with Gasteiger partial charge in [0.2, 0.25) is 0 Å². The molecule has 2 aromatic rings. The Labute approximate surface area is 131 Å². The van der Waals surface area contributed by atoms with Gasteiger partial charge >= 0.3 is 5.97 Å². The van der Waals surface area contributed by atoms with Gasteiger partial charge in [0.25, 0.3) is 0 Å². The second kappa shape index (κ2) is 6.34. The topological polar surface area (TPSA) is 80.9 Å². The number of carboxylic acid groups (broad SMARTS) is 1. The maximum atomic E-state index is 11.6. The molecular weight excluding hydrogens is 336 g/mol. The van der Waals surface area contributed by atoms with Crippen molar-refractivity contribution in [2.75, 3.05) is 0 Å². The molecule has 0 unspecified atom stereocenters. The van der Waals surface area contributed by atoms with E-state index in [9.17, 15) is 9.90 Å². The lowest BCUT2D eigenvalue weighted by molar-refractivity contribution is -0.150. The van der Waals surface area contributed by atoms with Crippen molar-refractivity contribution in [3.8, 4) is 11.4 Å². The van der Waals surface area contributed by atoms with Crippen LogP contribution in [0.4, 0.5) is 0 Å². The zero-order chi connectivity index (χ0) is 15.5. The second-order valence-electron chi connectivity index (χ2n) is 4.93. The van der Waals surface area contributed by atoms with Crippen LogP contribution in [0.25, 0.3) is 11.4 Å². The first-order valence-electron chi connectivity index (χ1n) is 6.78. The first-order chi connectivity index (χ1) is 10.0. The second-order valence-corrected chi connectivity index (χ2v) is 5.79. The summed E-state index contributed by atoms with van der Waals surface area (Å²) in [7, 11) is 0. The van der Waals surface area contributed by atoms with Crippen LogP contribution in [0.3, 0.4) is 0 Å². The number of aromatic nitrogens is 4. The zero-order valence-corrected chi connectivity index (χ0v) is 13.5. The Bertz CT molecular complexity index is 637.